The van der Waals surface area contributed by atoms with Crippen LogP contribution in [-0.4, -0.2) is 54.6 Å². The van der Waals surface area contributed by atoms with Gasteiger partial charge in [0.15, 0.2) is 0 Å². The maximum absolute atomic E-state index is 13.7. The molecule has 1 aliphatic heterocycles. The van der Waals surface area contributed by atoms with E-state index in [1.165, 1.54) is 11.0 Å². The predicted octanol–water partition coefficient (Wildman–Crippen LogP) is 5.34. The summed E-state index contributed by atoms with van der Waals surface area (Å²) in [6.07, 6.45) is 3.57. The molecule has 0 saturated heterocycles. The van der Waals surface area contributed by atoms with Gasteiger partial charge in [0.1, 0.15) is 18.1 Å². The monoisotopic (exact) mass is 627 g/mol. The van der Waals surface area contributed by atoms with Crippen molar-refractivity contribution in [3.8, 4) is 11.3 Å². The van der Waals surface area contributed by atoms with E-state index in [2.05, 4.69) is 31.3 Å². The first kappa shape index (κ1) is 27.5. The van der Waals surface area contributed by atoms with Gasteiger partial charge in [-0.05, 0) is 64.8 Å². The van der Waals surface area contributed by atoms with Crippen molar-refractivity contribution in [1.82, 2.24) is 29.7 Å². The van der Waals surface area contributed by atoms with Gasteiger partial charge < -0.3 is 4.90 Å². The van der Waals surface area contributed by atoms with Gasteiger partial charge in [-0.25, -0.2) is 9.07 Å². The number of hydrogen-bond acceptors (Lipinski definition) is 5. The fraction of sp³-hybridized carbons (Fsp3) is 0.194. The van der Waals surface area contributed by atoms with Gasteiger partial charge in [0.2, 0.25) is 5.91 Å². The van der Waals surface area contributed by atoms with Crippen LogP contribution in [0.15, 0.2) is 95.7 Å². The van der Waals surface area contributed by atoms with Crippen molar-refractivity contribution in [3.63, 3.8) is 0 Å². The number of aromatic nitrogens is 5. The molecular weight excluding hydrogens is 601 g/mol. The van der Waals surface area contributed by atoms with E-state index in [1.807, 2.05) is 54.2 Å². The van der Waals surface area contributed by atoms with Gasteiger partial charge >= 0.3 is 0 Å². The second-order valence-electron chi connectivity index (χ2n) is 10.1. The average molecular weight is 629 g/mol. The third-order valence-electron chi connectivity index (χ3n) is 7.46. The Balaban J connectivity index is 1.21. The number of amides is 2. The fourth-order valence-electron chi connectivity index (χ4n) is 5.05. The summed E-state index contributed by atoms with van der Waals surface area (Å²) >= 11 is 3.24. The van der Waals surface area contributed by atoms with E-state index in [0.29, 0.717) is 41.1 Å². The van der Waals surface area contributed by atoms with Gasteiger partial charge in [0, 0.05) is 23.4 Å². The van der Waals surface area contributed by atoms with E-state index in [-0.39, 0.29) is 30.2 Å². The summed E-state index contributed by atoms with van der Waals surface area (Å²) in [7, 11) is 0. The second-order valence-corrected chi connectivity index (χ2v) is 10.9. The highest BCUT2D eigenvalue weighted by Gasteiger charge is 2.29. The van der Waals surface area contributed by atoms with Crippen molar-refractivity contribution in [3.05, 3.63) is 118 Å². The van der Waals surface area contributed by atoms with Gasteiger partial charge in [-0.1, -0.05) is 47.7 Å². The number of benzene rings is 3. The molecule has 0 aliphatic carbocycles. The van der Waals surface area contributed by atoms with Crippen molar-refractivity contribution in [1.29, 1.82) is 0 Å². The minimum absolute atomic E-state index is 0.0951. The summed E-state index contributed by atoms with van der Waals surface area (Å²) in [6.45, 7) is 3.18. The molecule has 0 unspecified atom stereocenters. The molecule has 2 aromatic heterocycles. The molecule has 212 valence electrons. The molecule has 0 N–H and O–H groups in total. The number of nitrogens with zero attached hydrogens (tertiary/aromatic N) is 7. The van der Waals surface area contributed by atoms with Crippen LogP contribution in [0.3, 0.4) is 0 Å². The Morgan fingerprint density at radius 2 is 1.76 bits per heavy atom. The van der Waals surface area contributed by atoms with Crippen LogP contribution >= 0.6 is 15.9 Å². The minimum Gasteiger partial charge on any atom is -0.333 e. The summed E-state index contributed by atoms with van der Waals surface area (Å²) in [6, 6.07) is 22.9. The van der Waals surface area contributed by atoms with Crippen molar-refractivity contribution in [2.45, 2.75) is 26.1 Å². The van der Waals surface area contributed by atoms with Crippen molar-refractivity contribution in [2.75, 3.05) is 18.0 Å². The lowest BCUT2D eigenvalue weighted by Gasteiger charge is -2.31. The van der Waals surface area contributed by atoms with Crippen LogP contribution in [-0.2, 0) is 17.9 Å². The number of fused-ring (bicyclic) bond motifs is 1. The van der Waals surface area contributed by atoms with Gasteiger partial charge in [-0.3, -0.25) is 19.2 Å². The third-order valence-corrected chi connectivity index (χ3v) is 8.07. The summed E-state index contributed by atoms with van der Waals surface area (Å²) in [5, 5.41) is 13.2. The molecule has 3 aromatic carbocycles. The molecule has 3 heterocycles. The average Bonchev–Trinajstić information content (AvgIpc) is 3.68. The molecule has 0 bridgehead atoms. The SMILES string of the molecule is C[C@H](c1ccc(F)c(Br)c1)n1cc(-c2cnn3c2CN(C(=O)CN(C(=O)c2ccccc2)c2ccccc2)CC3)nn1. The van der Waals surface area contributed by atoms with Gasteiger partial charge in [-0.15, -0.1) is 5.10 Å². The van der Waals surface area contributed by atoms with Crippen LogP contribution in [0.5, 0.6) is 0 Å². The Morgan fingerprint density at radius 3 is 2.50 bits per heavy atom. The van der Waals surface area contributed by atoms with Gasteiger partial charge in [0.05, 0.1) is 41.7 Å². The molecule has 1 atom stereocenters. The Bertz CT molecular complexity index is 1740. The van der Waals surface area contributed by atoms with Crippen LogP contribution in [0.2, 0.25) is 0 Å². The molecule has 2 amide bonds. The molecule has 0 radical (unpaired) electrons. The summed E-state index contributed by atoms with van der Waals surface area (Å²) < 4.78 is 17.7. The highest BCUT2D eigenvalue weighted by molar-refractivity contribution is 9.10. The van der Waals surface area contributed by atoms with Crippen molar-refractivity contribution < 1.29 is 14.0 Å². The van der Waals surface area contributed by atoms with E-state index in [0.717, 1.165) is 16.8 Å². The topological polar surface area (TPSA) is 89.2 Å². The lowest BCUT2D eigenvalue weighted by molar-refractivity contribution is -0.131. The highest BCUT2D eigenvalue weighted by atomic mass is 79.9. The Labute approximate surface area is 250 Å². The number of carbonyl (C=O) groups is 2. The summed E-state index contributed by atoms with van der Waals surface area (Å²) in [5.74, 6) is -0.732. The Kier molecular flexibility index (Phi) is 7.66. The first-order chi connectivity index (χ1) is 20.4. The number of hydrogen-bond donors (Lipinski definition) is 0. The van der Waals surface area contributed by atoms with Crippen LogP contribution in [0.1, 0.15) is 34.6 Å². The zero-order valence-corrected chi connectivity index (χ0v) is 24.4. The summed E-state index contributed by atoms with van der Waals surface area (Å²) in [5.41, 5.74) is 4.30. The summed E-state index contributed by atoms with van der Waals surface area (Å²) in [4.78, 5) is 30.4. The molecule has 0 fully saturated rings. The normalized spacial score (nSPS) is 13.5. The van der Waals surface area contributed by atoms with E-state index in [9.17, 15) is 14.0 Å². The predicted molar refractivity (Wildman–Crippen MR) is 159 cm³/mol. The van der Waals surface area contributed by atoms with Gasteiger partial charge in [0.25, 0.3) is 5.91 Å². The largest absolute Gasteiger partial charge is 0.333 e. The standard InChI is InChI=1S/C31H27BrFN7O2/c1-21(23-12-13-27(33)26(32)16-23)40-18-28(35-36-40)25-17-34-39-15-14-37(19-29(25)39)30(41)20-38(24-10-6-3-7-11-24)31(42)22-8-4-2-5-9-22/h2-13,16-18,21H,14-15,19-20H2,1H3/t21-/m1/s1. The zero-order valence-electron chi connectivity index (χ0n) is 22.8. The first-order valence-corrected chi connectivity index (χ1v) is 14.3. The number of halogens is 2. The fourth-order valence-corrected chi connectivity index (χ4v) is 5.44. The molecule has 0 spiro atoms. The van der Waals surface area contributed by atoms with Crippen LogP contribution < -0.4 is 4.90 Å². The van der Waals surface area contributed by atoms with Gasteiger partial charge in [-0.2, -0.15) is 5.10 Å². The van der Waals surface area contributed by atoms with Crippen LogP contribution in [0.4, 0.5) is 10.1 Å². The Morgan fingerprint density at radius 1 is 1.02 bits per heavy atom. The number of para-hydroxylation sites is 1. The quantitative estimate of drug-likeness (QED) is 0.243. The highest BCUT2D eigenvalue weighted by Crippen LogP contribution is 2.28. The maximum Gasteiger partial charge on any atom is 0.258 e. The maximum atomic E-state index is 13.7. The third kappa shape index (κ3) is 5.47. The molecule has 6 rings (SSSR count). The number of carbonyl (C=O) groups excluding carboxylic acids is 2. The molecule has 9 nitrogen and oxygen atoms in total. The molecule has 0 saturated carbocycles. The van der Waals surface area contributed by atoms with Crippen molar-refractivity contribution in [2.24, 2.45) is 0 Å². The minimum atomic E-state index is -0.327. The smallest absolute Gasteiger partial charge is 0.258 e. The van der Waals surface area contributed by atoms with E-state index in [4.69, 9.17) is 0 Å². The van der Waals surface area contributed by atoms with E-state index in [1.54, 1.807) is 52.2 Å². The molecular formula is C31H27BrFN7O2. The second kappa shape index (κ2) is 11.7. The lowest BCUT2D eigenvalue weighted by Crippen LogP contribution is -2.46. The van der Waals surface area contributed by atoms with Crippen molar-refractivity contribution >= 4 is 33.4 Å². The zero-order chi connectivity index (χ0) is 29.2. The number of rotatable bonds is 7. The van der Waals surface area contributed by atoms with E-state index >= 15 is 0 Å². The molecule has 42 heavy (non-hydrogen) atoms. The van der Waals surface area contributed by atoms with Crippen LogP contribution in [0, 0.1) is 5.82 Å². The first-order valence-electron chi connectivity index (χ1n) is 13.5. The molecule has 1 aliphatic rings. The lowest BCUT2D eigenvalue weighted by atomic mass is 10.1. The van der Waals surface area contributed by atoms with Crippen LogP contribution in [0.25, 0.3) is 11.3 Å². The molecule has 5 aromatic rings. The Hall–Kier alpha value is -4.64. The van der Waals surface area contributed by atoms with E-state index < -0.39 is 0 Å². The molecule has 11 heteroatoms. The number of anilines is 1.